The molecular weight excluding hydrogens is 792 g/mol. The lowest BCUT2D eigenvalue weighted by atomic mass is 9.77. The first-order valence-corrected chi connectivity index (χ1v) is 21.9. The van der Waals surface area contributed by atoms with E-state index in [0.29, 0.717) is 13.0 Å². The van der Waals surface area contributed by atoms with E-state index in [1.807, 2.05) is 63.2 Å². The zero-order chi connectivity index (χ0) is 45.6. The summed E-state index contributed by atoms with van der Waals surface area (Å²) in [4.78, 5) is 29.7. The third-order valence-corrected chi connectivity index (χ3v) is 13.1. The van der Waals surface area contributed by atoms with Crippen LogP contribution < -0.4 is 5.32 Å². The summed E-state index contributed by atoms with van der Waals surface area (Å²) in [5, 5.41) is 50.2. The van der Waals surface area contributed by atoms with Crippen molar-refractivity contribution in [1.29, 1.82) is 0 Å². The normalized spacial score (nSPS) is 43.4. The van der Waals surface area contributed by atoms with Crippen LogP contribution in [0.5, 0.6) is 0 Å². The second-order valence-electron chi connectivity index (χ2n) is 18.8. The lowest BCUT2D eigenvalue weighted by Gasteiger charge is -2.49. The Labute approximate surface area is 362 Å². The molecule has 0 amide bonds. The fourth-order valence-electron chi connectivity index (χ4n) is 9.33. The number of rotatable bonds is 10. The molecule has 4 rings (SSSR count). The van der Waals surface area contributed by atoms with Gasteiger partial charge in [-0.15, -0.1) is 0 Å². The van der Waals surface area contributed by atoms with E-state index in [9.17, 15) is 30.0 Å². The lowest BCUT2D eigenvalue weighted by Crippen LogP contribution is -2.61. The first-order valence-electron chi connectivity index (χ1n) is 21.9. The third-order valence-electron chi connectivity index (χ3n) is 13.1. The highest BCUT2D eigenvalue weighted by molar-refractivity contribution is 5.73. The van der Waals surface area contributed by atoms with E-state index in [1.165, 1.54) is 14.0 Å². The number of likely N-dealkylation sites (N-methyl/N-ethyl adjacent to an activating group) is 1. The largest absolute Gasteiger partial charge is 0.509 e. The van der Waals surface area contributed by atoms with Crippen LogP contribution in [0.2, 0.25) is 0 Å². The summed E-state index contributed by atoms with van der Waals surface area (Å²) in [5.41, 5.74) is -3.78. The van der Waals surface area contributed by atoms with Crippen molar-refractivity contribution in [2.75, 3.05) is 27.7 Å². The number of hydrogen-bond acceptors (Lipinski definition) is 16. The maximum atomic E-state index is 14.4. The standard InChI is InChI=1S/C45H76N2O14/c1-14-33-45(10,53)37(48)29(6)46-23-25(2)21-43(8,52)39(27(4)35(28(5)40(50)58-33)59-34-22-44(9,54-13)38(49)30(7)57-34)61-41-36(32(47(11)12)20-26(3)56-41)60-42(51)55-24-31-18-16-15-17-19-31/h15-19,25-30,32-39,41,46,48-49,52-53H,14,20-24H2,1-13H3/t25-,26-,27+,28-,29-,30+,32+,33-,34+,35+,36-,37-,38+,39-,41?,43-,44-,45-/m1/s1. The van der Waals surface area contributed by atoms with Crippen molar-refractivity contribution in [3.8, 4) is 0 Å². The highest BCUT2D eigenvalue weighted by atomic mass is 16.8. The van der Waals surface area contributed by atoms with Crippen LogP contribution in [0.3, 0.4) is 0 Å². The maximum Gasteiger partial charge on any atom is 0.509 e. The molecule has 3 heterocycles. The fraction of sp³-hybridized carbons (Fsp3) is 0.822. The smallest absolute Gasteiger partial charge is 0.459 e. The number of methoxy groups -OCH3 is 1. The number of cyclic esters (lactones) is 1. The van der Waals surface area contributed by atoms with Crippen molar-refractivity contribution in [1.82, 2.24) is 10.2 Å². The van der Waals surface area contributed by atoms with Gasteiger partial charge in [-0.3, -0.25) is 4.79 Å². The molecule has 1 unspecified atom stereocenters. The Balaban J connectivity index is 1.81. The number of carbonyl (C=O) groups excluding carboxylic acids is 2. The van der Waals surface area contributed by atoms with E-state index in [0.717, 1.165) is 5.56 Å². The van der Waals surface area contributed by atoms with Gasteiger partial charge in [-0.2, -0.15) is 0 Å². The number of esters is 1. The molecule has 16 nitrogen and oxygen atoms in total. The quantitative estimate of drug-likeness (QED) is 0.212. The van der Waals surface area contributed by atoms with Gasteiger partial charge in [0.2, 0.25) is 0 Å². The Kier molecular flexibility index (Phi) is 18.0. The molecule has 3 aliphatic heterocycles. The van der Waals surface area contributed by atoms with Crippen LogP contribution in [0.1, 0.15) is 100 Å². The molecule has 5 N–H and O–H groups in total. The minimum Gasteiger partial charge on any atom is -0.459 e. The predicted octanol–water partition coefficient (Wildman–Crippen LogP) is 3.92. The van der Waals surface area contributed by atoms with Gasteiger partial charge in [0.15, 0.2) is 18.7 Å². The van der Waals surface area contributed by atoms with E-state index in [1.54, 1.807) is 48.5 Å². The van der Waals surface area contributed by atoms with Crippen LogP contribution in [0, 0.1) is 17.8 Å². The van der Waals surface area contributed by atoms with Gasteiger partial charge in [0.1, 0.15) is 30.5 Å². The molecule has 0 radical (unpaired) electrons. The number of nitrogens with one attached hydrogen (secondary N) is 1. The van der Waals surface area contributed by atoms with Crippen LogP contribution in [-0.2, 0) is 49.3 Å². The van der Waals surface area contributed by atoms with Crippen molar-refractivity contribution >= 4 is 12.1 Å². The molecular formula is C45H76N2O14. The summed E-state index contributed by atoms with van der Waals surface area (Å²) in [5.74, 6) is -2.86. The summed E-state index contributed by atoms with van der Waals surface area (Å²) in [6, 6.07) is 8.22. The molecule has 0 saturated carbocycles. The summed E-state index contributed by atoms with van der Waals surface area (Å²) in [6.45, 7) is 17.6. The number of carbonyl (C=O) groups is 2. The van der Waals surface area contributed by atoms with Gasteiger partial charge >= 0.3 is 12.1 Å². The molecule has 61 heavy (non-hydrogen) atoms. The molecule has 1 aromatic carbocycles. The van der Waals surface area contributed by atoms with E-state index in [-0.39, 0.29) is 43.9 Å². The van der Waals surface area contributed by atoms with Crippen LogP contribution in [-0.4, -0.2) is 155 Å². The minimum absolute atomic E-state index is 0.0138. The zero-order valence-electron chi connectivity index (χ0n) is 38.6. The second kappa shape index (κ2) is 21.5. The van der Waals surface area contributed by atoms with Gasteiger partial charge in [-0.25, -0.2) is 4.79 Å². The average Bonchev–Trinajstić information content (AvgIpc) is 3.20. The lowest BCUT2D eigenvalue weighted by molar-refractivity contribution is -0.318. The molecule has 16 heteroatoms. The Morgan fingerprint density at radius 3 is 2.20 bits per heavy atom. The zero-order valence-corrected chi connectivity index (χ0v) is 38.6. The Hall–Kier alpha value is -2.48. The van der Waals surface area contributed by atoms with Crippen LogP contribution >= 0.6 is 0 Å². The molecule has 3 fully saturated rings. The number of ether oxygens (including phenoxy) is 8. The van der Waals surface area contributed by atoms with E-state index in [4.69, 9.17) is 37.9 Å². The van der Waals surface area contributed by atoms with Crippen molar-refractivity contribution in [2.45, 2.75) is 192 Å². The molecule has 0 aliphatic carbocycles. The minimum atomic E-state index is -1.84. The van der Waals surface area contributed by atoms with Gasteiger partial charge in [0, 0.05) is 25.5 Å². The third kappa shape index (κ3) is 12.6. The van der Waals surface area contributed by atoms with Crippen LogP contribution in [0.25, 0.3) is 0 Å². The van der Waals surface area contributed by atoms with Gasteiger partial charge in [-0.1, -0.05) is 51.1 Å². The second-order valence-corrected chi connectivity index (χ2v) is 18.8. The van der Waals surface area contributed by atoms with Crippen molar-refractivity contribution in [3.63, 3.8) is 0 Å². The molecule has 1 aromatic rings. The molecule has 3 saturated heterocycles. The topological polar surface area (TPSA) is 204 Å². The summed E-state index contributed by atoms with van der Waals surface area (Å²) < 4.78 is 49.8. The molecule has 0 aromatic heterocycles. The summed E-state index contributed by atoms with van der Waals surface area (Å²) in [6.07, 6.45) is -9.94. The molecule has 0 spiro atoms. The predicted molar refractivity (Wildman–Crippen MR) is 225 cm³/mol. The van der Waals surface area contributed by atoms with Crippen molar-refractivity contribution in [3.05, 3.63) is 35.9 Å². The van der Waals surface area contributed by atoms with E-state index >= 15 is 0 Å². The van der Waals surface area contributed by atoms with Crippen LogP contribution in [0.15, 0.2) is 30.3 Å². The maximum absolute atomic E-state index is 14.4. The summed E-state index contributed by atoms with van der Waals surface area (Å²) >= 11 is 0. The first-order chi connectivity index (χ1) is 28.4. The van der Waals surface area contributed by atoms with Gasteiger partial charge in [-0.05, 0) is 99.9 Å². The van der Waals surface area contributed by atoms with E-state index in [2.05, 4.69) is 5.32 Å². The number of hydrogen-bond donors (Lipinski definition) is 5. The number of aliphatic hydroxyl groups is 4. The molecule has 350 valence electrons. The van der Waals surface area contributed by atoms with Crippen molar-refractivity contribution in [2.24, 2.45) is 17.8 Å². The number of aliphatic hydroxyl groups excluding tert-OH is 2. The monoisotopic (exact) mass is 869 g/mol. The Bertz CT molecular complexity index is 1530. The fourth-order valence-corrected chi connectivity index (χ4v) is 9.33. The Morgan fingerprint density at radius 1 is 0.934 bits per heavy atom. The van der Waals surface area contributed by atoms with Gasteiger partial charge in [0.05, 0.1) is 47.6 Å². The average molecular weight is 869 g/mol. The number of nitrogens with zero attached hydrogens (tertiary/aromatic N) is 1. The number of benzene rings is 1. The molecule has 3 aliphatic rings. The highest BCUT2D eigenvalue weighted by Crippen LogP contribution is 2.40. The molecule has 0 bridgehead atoms. The van der Waals surface area contributed by atoms with Gasteiger partial charge < -0.3 is 68.5 Å². The van der Waals surface area contributed by atoms with E-state index < -0.39 is 102 Å². The SMILES string of the molecule is CC[C@H]1OC(=O)[C@H](C)[C@@H](O[C@H]2C[C@@](C)(OC)[C@@H](O)[C@H](C)O2)[C@H](C)[C@@H](OC2O[C@H](C)C[C@H](N(C)C)[C@H]2OC(=O)OCc2ccccc2)[C@](C)(O)C[C@@H](C)CN[C@H](C)[C@@H](O)[C@]1(C)O. The molecule has 18 atom stereocenters. The van der Waals surface area contributed by atoms with Gasteiger partial charge in [0.25, 0.3) is 0 Å². The highest BCUT2D eigenvalue weighted by Gasteiger charge is 2.53. The summed E-state index contributed by atoms with van der Waals surface area (Å²) in [7, 11) is 5.24. The van der Waals surface area contributed by atoms with Crippen LogP contribution in [0.4, 0.5) is 4.79 Å². The first kappa shape index (κ1) is 51.2. The Morgan fingerprint density at radius 2 is 1.59 bits per heavy atom. The van der Waals surface area contributed by atoms with Crippen molar-refractivity contribution < 1.29 is 67.9 Å².